The number of hydrogen-bond donors (Lipinski definition) is 1. The van der Waals surface area contributed by atoms with Crippen LogP contribution in [0.2, 0.25) is 0 Å². The molecule has 1 amide bonds. The molecule has 1 N–H and O–H groups in total. The van der Waals surface area contributed by atoms with Gasteiger partial charge in [-0.1, -0.05) is 6.07 Å². The average Bonchev–Trinajstić information content (AvgIpc) is 3.27. The van der Waals surface area contributed by atoms with Gasteiger partial charge in [0.25, 0.3) is 15.7 Å². The number of benzene rings is 1. The predicted molar refractivity (Wildman–Crippen MR) is 106 cm³/mol. The Hall–Kier alpha value is -2.71. The van der Waals surface area contributed by atoms with Gasteiger partial charge in [-0.15, -0.1) is 11.3 Å². The number of hydrogen-bond acceptors (Lipinski definition) is 7. The molecule has 0 unspecified atom stereocenters. The normalized spacial score (nSPS) is 15.6. The van der Waals surface area contributed by atoms with Gasteiger partial charge in [-0.05, 0) is 23.6 Å². The molecule has 0 spiro atoms. The number of halogens is 3. The lowest BCUT2D eigenvalue weighted by Crippen LogP contribution is -2.51. The molecule has 2 aromatic rings. The second kappa shape index (κ2) is 8.80. The number of nitrogens with one attached hydrogen (secondary N) is 1. The summed E-state index contributed by atoms with van der Waals surface area (Å²) in [6.45, 7) is 0.0448. The van der Waals surface area contributed by atoms with Crippen molar-refractivity contribution in [2.45, 2.75) is 10.4 Å². The van der Waals surface area contributed by atoms with Crippen LogP contribution in [0.3, 0.4) is 0 Å². The first kappa shape index (κ1) is 23.0. The quantitative estimate of drug-likeness (QED) is 0.505. The summed E-state index contributed by atoms with van der Waals surface area (Å²) in [4.78, 5) is 24.0. The highest BCUT2D eigenvalue weighted by atomic mass is 32.2. The first-order valence-electron chi connectivity index (χ1n) is 8.91. The number of amides is 1. The molecule has 0 saturated carbocycles. The lowest BCUT2D eigenvalue weighted by Gasteiger charge is -2.33. The Morgan fingerprint density at radius 3 is 2.42 bits per heavy atom. The number of nitro groups is 1. The molecule has 0 bridgehead atoms. The lowest BCUT2D eigenvalue weighted by molar-refractivity contribution is -0.384. The smallest absolute Gasteiger partial charge is 0.371 e. The van der Waals surface area contributed by atoms with Gasteiger partial charge in [0.1, 0.15) is 9.90 Å². The Balaban J connectivity index is 1.60. The molecule has 168 valence electrons. The average molecular weight is 478 g/mol. The third-order valence-corrected chi connectivity index (χ3v) is 7.90. The van der Waals surface area contributed by atoms with Crippen LogP contribution >= 0.6 is 11.3 Å². The van der Waals surface area contributed by atoms with Gasteiger partial charge in [0.2, 0.25) is 5.91 Å². The number of alkyl halides is 3. The Bertz CT molecular complexity index is 1070. The summed E-state index contributed by atoms with van der Waals surface area (Å²) in [5.74, 6) is -0.456. The van der Waals surface area contributed by atoms with Gasteiger partial charge < -0.3 is 10.2 Å². The van der Waals surface area contributed by atoms with E-state index in [0.717, 1.165) is 17.4 Å². The second-order valence-corrected chi connectivity index (χ2v) is 9.67. The SMILES string of the molecule is O=C(CNc1ccc(C(F)(F)F)cc1[N+](=O)[O-])N1CCN(S(=O)(=O)c2cccs2)CC1. The highest BCUT2D eigenvalue weighted by Gasteiger charge is 2.33. The number of sulfonamides is 1. The largest absolute Gasteiger partial charge is 0.416 e. The standard InChI is InChI=1S/C17H17F3N4O5S2/c18-17(19,20)12-3-4-13(14(10-12)24(26)27)21-11-15(25)22-5-7-23(8-6-22)31(28,29)16-2-1-9-30-16/h1-4,9-10,21H,5-8,11H2. The number of thiophene rings is 1. The summed E-state index contributed by atoms with van der Waals surface area (Å²) in [7, 11) is -3.62. The molecular weight excluding hydrogens is 461 g/mol. The molecule has 0 radical (unpaired) electrons. The van der Waals surface area contributed by atoms with Crippen molar-refractivity contribution in [3.05, 3.63) is 51.4 Å². The van der Waals surface area contributed by atoms with E-state index in [1.807, 2.05) is 0 Å². The number of nitrogens with zero attached hydrogens (tertiary/aromatic N) is 3. The van der Waals surface area contributed by atoms with E-state index in [1.165, 1.54) is 15.3 Å². The van der Waals surface area contributed by atoms with Crippen LogP contribution in [0.25, 0.3) is 0 Å². The van der Waals surface area contributed by atoms with Gasteiger partial charge in [0.15, 0.2) is 0 Å². The Labute approximate surface area is 179 Å². The number of nitro benzene ring substituents is 1. The fraction of sp³-hybridized carbons (Fsp3) is 0.353. The van der Waals surface area contributed by atoms with Crippen LogP contribution in [0.5, 0.6) is 0 Å². The zero-order chi connectivity index (χ0) is 22.8. The van der Waals surface area contributed by atoms with Crippen LogP contribution in [-0.4, -0.2) is 61.2 Å². The molecular formula is C17H17F3N4O5S2. The van der Waals surface area contributed by atoms with Crippen molar-refractivity contribution >= 4 is 38.6 Å². The molecule has 3 rings (SSSR count). The van der Waals surface area contributed by atoms with Crippen LogP contribution in [0.1, 0.15) is 5.56 Å². The van der Waals surface area contributed by atoms with Crippen molar-refractivity contribution in [3.63, 3.8) is 0 Å². The van der Waals surface area contributed by atoms with E-state index in [0.29, 0.717) is 12.1 Å². The van der Waals surface area contributed by atoms with Gasteiger partial charge in [0, 0.05) is 32.2 Å². The van der Waals surface area contributed by atoms with Gasteiger partial charge in [0.05, 0.1) is 17.0 Å². The molecule has 1 fully saturated rings. The zero-order valence-electron chi connectivity index (χ0n) is 15.8. The lowest BCUT2D eigenvalue weighted by atomic mass is 10.1. The van der Waals surface area contributed by atoms with E-state index in [2.05, 4.69) is 5.32 Å². The first-order valence-corrected chi connectivity index (χ1v) is 11.2. The van der Waals surface area contributed by atoms with Crippen molar-refractivity contribution in [2.24, 2.45) is 0 Å². The van der Waals surface area contributed by atoms with Crippen molar-refractivity contribution in [2.75, 3.05) is 38.0 Å². The molecule has 0 aliphatic carbocycles. The number of anilines is 1. The molecule has 14 heteroatoms. The van der Waals surface area contributed by atoms with Gasteiger partial charge >= 0.3 is 6.18 Å². The Morgan fingerprint density at radius 1 is 1.19 bits per heavy atom. The number of piperazine rings is 1. The van der Waals surface area contributed by atoms with Crippen LogP contribution in [0.4, 0.5) is 24.5 Å². The second-order valence-electron chi connectivity index (χ2n) is 6.56. The number of carbonyl (C=O) groups is 1. The third-order valence-electron chi connectivity index (χ3n) is 4.63. The van der Waals surface area contributed by atoms with E-state index in [9.17, 15) is 36.5 Å². The molecule has 1 aromatic heterocycles. The van der Waals surface area contributed by atoms with E-state index in [1.54, 1.807) is 11.4 Å². The fourth-order valence-corrected chi connectivity index (χ4v) is 5.57. The summed E-state index contributed by atoms with van der Waals surface area (Å²) in [6, 6.07) is 5.12. The fourth-order valence-electron chi connectivity index (χ4n) is 3.01. The molecule has 31 heavy (non-hydrogen) atoms. The van der Waals surface area contributed by atoms with Crippen LogP contribution in [-0.2, 0) is 21.0 Å². The minimum atomic E-state index is -4.73. The topological polar surface area (TPSA) is 113 Å². The predicted octanol–water partition coefficient (Wildman–Crippen LogP) is 2.62. The minimum Gasteiger partial charge on any atom is -0.371 e. The summed E-state index contributed by atoms with van der Waals surface area (Å²) >= 11 is 1.10. The Kier molecular flexibility index (Phi) is 6.52. The highest BCUT2D eigenvalue weighted by molar-refractivity contribution is 7.91. The van der Waals surface area contributed by atoms with E-state index >= 15 is 0 Å². The van der Waals surface area contributed by atoms with Crippen LogP contribution in [0.15, 0.2) is 39.9 Å². The molecule has 0 atom stereocenters. The van der Waals surface area contributed by atoms with Crippen molar-refractivity contribution < 1.29 is 31.3 Å². The van der Waals surface area contributed by atoms with Crippen molar-refractivity contribution in [1.82, 2.24) is 9.21 Å². The Morgan fingerprint density at radius 2 is 1.87 bits per heavy atom. The summed E-state index contributed by atoms with van der Waals surface area (Å²) in [5.41, 5.74) is -2.18. The number of carbonyl (C=O) groups excluding carboxylic acids is 1. The molecule has 1 aliphatic rings. The van der Waals surface area contributed by atoms with Crippen LogP contribution in [0, 0.1) is 10.1 Å². The molecule has 1 aromatic carbocycles. The van der Waals surface area contributed by atoms with Crippen LogP contribution < -0.4 is 5.32 Å². The maximum Gasteiger partial charge on any atom is 0.416 e. The maximum absolute atomic E-state index is 12.8. The highest BCUT2D eigenvalue weighted by Crippen LogP contribution is 2.35. The van der Waals surface area contributed by atoms with Crippen molar-refractivity contribution in [3.8, 4) is 0 Å². The van der Waals surface area contributed by atoms with Gasteiger partial charge in [-0.2, -0.15) is 17.5 Å². The molecule has 2 heterocycles. The summed E-state index contributed by atoms with van der Waals surface area (Å²) < 4.78 is 64.8. The van der Waals surface area contributed by atoms with Gasteiger partial charge in [-0.3, -0.25) is 14.9 Å². The minimum absolute atomic E-state index is 0.0897. The third kappa shape index (κ3) is 5.14. The van der Waals surface area contributed by atoms with Crippen molar-refractivity contribution in [1.29, 1.82) is 0 Å². The molecule has 1 saturated heterocycles. The number of rotatable bonds is 6. The summed E-state index contributed by atoms with van der Waals surface area (Å²) in [5, 5.41) is 15.3. The van der Waals surface area contributed by atoms with E-state index < -0.39 is 38.3 Å². The molecule has 9 nitrogen and oxygen atoms in total. The molecule has 1 aliphatic heterocycles. The van der Waals surface area contributed by atoms with E-state index in [4.69, 9.17) is 0 Å². The first-order chi connectivity index (χ1) is 14.5. The van der Waals surface area contributed by atoms with Gasteiger partial charge in [-0.25, -0.2) is 8.42 Å². The maximum atomic E-state index is 12.8. The summed E-state index contributed by atoms with van der Waals surface area (Å²) in [6.07, 6.45) is -4.73. The van der Waals surface area contributed by atoms with E-state index in [-0.39, 0.29) is 42.6 Å². The zero-order valence-corrected chi connectivity index (χ0v) is 17.5. The monoisotopic (exact) mass is 478 g/mol.